The van der Waals surface area contributed by atoms with E-state index in [1.54, 1.807) is 13.2 Å². The summed E-state index contributed by atoms with van der Waals surface area (Å²) in [6.45, 7) is 0. The summed E-state index contributed by atoms with van der Waals surface area (Å²) in [5, 5.41) is 6.90. The summed E-state index contributed by atoms with van der Waals surface area (Å²) >= 11 is 0.573. The van der Waals surface area contributed by atoms with Gasteiger partial charge in [-0.3, -0.25) is 4.68 Å². The molecule has 0 aliphatic rings. The van der Waals surface area contributed by atoms with Crippen molar-refractivity contribution in [2.75, 3.05) is 5.73 Å². The van der Waals surface area contributed by atoms with Crippen molar-refractivity contribution >= 4 is 17.2 Å². The van der Waals surface area contributed by atoms with Gasteiger partial charge in [-0.15, -0.1) is 11.3 Å². The molecular formula is C12H9F4N5S. The van der Waals surface area contributed by atoms with E-state index < -0.39 is 17.0 Å². The second kappa shape index (κ2) is 4.83. The third kappa shape index (κ3) is 2.34. The van der Waals surface area contributed by atoms with Crippen molar-refractivity contribution in [3.05, 3.63) is 35.2 Å². The number of hydrogen-bond donors (Lipinski definition) is 1. The second-order valence-corrected chi connectivity index (χ2v) is 5.50. The Labute approximate surface area is 125 Å². The van der Waals surface area contributed by atoms with Crippen LogP contribution in [0.3, 0.4) is 0 Å². The van der Waals surface area contributed by atoms with Crippen LogP contribution in [0.5, 0.6) is 0 Å². The van der Waals surface area contributed by atoms with Gasteiger partial charge < -0.3 is 5.73 Å². The Bertz CT molecular complexity index is 829. The maximum absolute atomic E-state index is 13.2. The fraction of sp³-hybridized carbons (Fsp3) is 0.167. The van der Waals surface area contributed by atoms with Crippen LogP contribution in [0.2, 0.25) is 0 Å². The highest BCUT2D eigenvalue weighted by Gasteiger charge is 2.40. The third-order valence-electron chi connectivity index (χ3n) is 2.93. The number of hydrogen-bond acceptors (Lipinski definition) is 4. The molecule has 3 aromatic heterocycles. The topological polar surface area (TPSA) is 61.7 Å². The molecule has 0 amide bonds. The quantitative estimate of drug-likeness (QED) is 0.734. The van der Waals surface area contributed by atoms with Gasteiger partial charge in [-0.2, -0.15) is 32.4 Å². The number of aromatic nitrogens is 4. The summed E-state index contributed by atoms with van der Waals surface area (Å²) < 4.78 is 55.1. The van der Waals surface area contributed by atoms with Gasteiger partial charge >= 0.3 is 6.18 Å². The van der Waals surface area contributed by atoms with Crippen LogP contribution in [0.25, 0.3) is 16.3 Å². The zero-order valence-electron chi connectivity index (χ0n) is 11.1. The molecule has 3 heterocycles. The van der Waals surface area contributed by atoms with Crippen LogP contribution in [0, 0.1) is 5.13 Å². The molecule has 116 valence electrons. The van der Waals surface area contributed by atoms with Crippen LogP contribution >= 0.6 is 11.3 Å². The molecular weight excluding hydrogens is 322 g/mol. The van der Waals surface area contributed by atoms with E-state index in [4.69, 9.17) is 5.73 Å². The maximum atomic E-state index is 13.2. The largest absolute Gasteiger partial charge is 0.435 e. The van der Waals surface area contributed by atoms with Gasteiger partial charge in [0.05, 0.1) is 5.56 Å². The summed E-state index contributed by atoms with van der Waals surface area (Å²) in [6, 6.07) is 3.80. The number of rotatable bonds is 2. The van der Waals surface area contributed by atoms with Gasteiger partial charge in [0, 0.05) is 24.2 Å². The fourth-order valence-corrected chi connectivity index (χ4v) is 2.80. The number of thiophene rings is 1. The number of aryl methyl sites for hydroxylation is 1. The lowest BCUT2D eigenvalue weighted by molar-refractivity contribution is -0.140. The van der Waals surface area contributed by atoms with E-state index in [1.165, 1.54) is 16.8 Å². The molecule has 3 rings (SSSR count). The summed E-state index contributed by atoms with van der Waals surface area (Å²) in [4.78, 5) is 0.0597. The number of nitrogens with zero attached hydrogens (tertiary/aromatic N) is 4. The summed E-state index contributed by atoms with van der Waals surface area (Å²) in [7, 11) is 1.61. The minimum atomic E-state index is -4.72. The molecule has 0 saturated carbocycles. The van der Waals surface area contributed by atoms with Crippen LogP contribution in [-0.4, -0.2) is 19.6 Å². The number of nitrogen functional groups attached to an aromatic ring is 1. The highest BCUT2D eigenvalue weighted by atomic mass is 32.1. The van der Waals surface area contributed by atoms with Gasteiger partial charge in [0.25, 0.3) is 0 Å². The number of halogens is 4. The normalized spacial score (nSPS) is 12.0. The van der Waals surface area contributed by atoms with Crippen molar-refractivity contribution in [1.82, 2.24) is 19.6 Å². The molecule has 22 heavy (non-hydrogen) atoms. The van der Waals surface area contributed by atoms with E-state index in [0.717, 1.165) is 10.7 Å². The number of alkyl halides is 3. The van der Waals surface area contributed by atoms with Gasteiger partial charge in [0.2, 0.25) is 0 Å². The predicted molar refractivity (Wildman–Crippen MR) is 73.0 cm³/mol. The van der Waals surface area contributed by atoms with E-state index >= 15 is 0 Å². The van der Waals surface area contributed by atoms with Gasteiger partial charge in [-0.05, 0) is 12.1 Å². The molecule has 0 saturated heterocycles. The number of nitrogens with two attached hydrogens (primary N) is 1. The fourth-order valence-electron chi connectivity index (χ4n) is 2.01. The summed E-state index contributed by atoms with van der Waals surface area (Å²) in [5.74, 6) is -0.0957. The lowest BCUT2D eigenvalue weighted by atomic mass is 10.2. The van der Waals surface area contributed by atoms with Crippen molar-refractivity contribution in [2.45, 2.75) is 6.18 Å². The zero-order valence-corrected chi connectivity index (χ0v) is 11.9. The highest BCUT2D eigenvalue weighted by molar-refractivity contribution is 7.14. The predicted octanol–water partition coefficient (Wildman–Crippen LogP) is 3.07. The SMILES string of the molecule is Cn1ccc(-n2nc(C(F)(F)F)c(-c3ccc(F)s3)c2N)n1. The van der Waals surface area contributed by atoms with E-state index in [9.17, 15) is 17.6 Å². The molecule has 0 aromatic carbocycles. The average molecular weight is 331 g/mol. The Morgan fingerprint density at radius 1 is 1.18 bits per heavy atom. The van der Waals surface area contributed by atoms with Crippen molar-refractivity contribution in [3.63, 3.8) is 0 Å². The molecule has 0 fully saturated rings. The lowest BCUT2D eigenvalue weighted by Gasteiger charge is -2.04. The Morgan fingerprint density at radius 2 is 1.91 bits per heavy atom. The van der Waals surface area contributed by atoms with Crippen LogP contribution < -0.4 is 5.73 Å². The van der Waals surface area contributed by atoms with Crippen LogP contribution in [-0.2, 0) is 13.2 Å². The van der Waals surface area contributed by atoms with E-state index in [-0.39, 0.29) is 22.1 Å². The van der Waals surface area contributed by atoms with E-state index in [0.29, 0.717) is 11.3 Å². The summed E-state index contributed by atoms with van der Waals surface area (Å²) in [5.41, 5.74) is 4.31. The molecule has 0 spiro atoms. The smallest absolute Gasteiger partial charge is 0.383 e. The Balaban J connectivity index is 2.25. The molecule has 0 bridgehead atoms. The van der Waals surface area contributed by atoms with Crippen LogP contribution in [0.15, 0.2) is 24.4 Å². The molecule has 0 unspecified atom stereocenters. The van der Waals surface area contributed by atoms with Crippen LogP contribution in [0.4, 0.5) is 23.4 Å². The first-order chi connectivity index (χ1) is 10.3. The van der Waals surface area contributed by atoms with Gasteiger partial charge in [-0.1, -0.05) is 0 Å². The molecule has 2 N–H and O–H groups in total. The Kier molecular flexibility index (Phi) is 3.20. The van der Waals surface area contributed by atoms with Gasteiger partial charge in [0.15, 0.2) is 16.6 Å². The van der Waals surface area contributed by atoms with Crippen molar-refractivity contribution in [2.24, 2.45) is 7.05 Å². The van der Waals surface area contributed by atoms with Gasteiger partial charge in [0.1, 0.15) is 5.82 Å². The van der Waals surface area contributed by atoms with Crippen molar-refractivity contribution < 1.29 is 17.6 Å². The Hall–Kier alpha value is -2.36. The molecule has 10 heteroatoms. The molecule has 5 nitrogen and oxygen atoms in total. The third-order valence-corrected chi connectivity index (χ3v) is 3.82. The average Bonchev–Trinajstić information content (AvgIpc) is 3.08. The minimum Gasteiger partial charge on any atom is -0.383 e. The summed E-state index contributed by atoms with van der Waals surface area (Å²) in [6.07, 6.45) is -3.17. The van der Waals surface area contributed by atoms with E-state index in [1.807, 2.05) is 0 Å². The highest BCUT2D eigenvalue weighted by Crippen LogP contribution is 2.42. The van der Waals surface area contributed by atoms with E-state index in [2.05, 4.69) is 10.2 Å². The molecule has 0 radical (unpaired) electrons. The standard InChI is InChI=1S/C12H9F4N5S/c1-20-5-4-8(18-20)21-11(17)9(6-2-3-7(13)22-6)10(19-21)12(14,15)16/h2-5H,17H2,1H3. The molecule has 0 aliphatic heterocycles. The monoisotopic (exact) mass is 331 g/mol. The van der Waals surface area contributed by atoms with Crippen molar-refractivity contribution in [1.29, 1.82) is 0 Å². The van der Waals surface area contributed by atoms with Gasteiger partial charge in [-0.25, -0.2) is 0 Å². The number of anilines is 1. The van der Waals surface area contributed by atoms with Crippen molar-refractivity contribution in [3.8, 4) is 16.3 Å². The maximum Gasteiger partial charge on any atom is 0.435 e. The second-order valence-electron chi connectivity index (χ2n) is 4.47. The first-order valence-electron chi connectivity index (χ1n) is 5.99. The Morgan fingerprint density at radius 3 is 2.41 bits per heavy atom. The minimum absolute atomic E-state index is 0.0597. The molecule has 3 aromatic rings. The first kappa shape index (κ1) is 14.6. The first-order valence-corrected chi connectivity index (χ1v) is 6.80. The van der Waals surface area contributed by atoms with Crippen LogP contribution in [0.1, 0.15) is 5.69 Å². The lowest BCUT2D eigenvalue weighted by Crippen LogP contribution is -2.08. The molecule has 0 atom stereocenters. The molecule has 0 aliphatic carbocycles. The zero-order chi connectivity index (χ0) is 16.1.